The van der Waals surface area contributed by atoms with Crippen LogP contribution in [-0.2, 0) is 4.79 Å². The van der Waals surface area contributed by atoms with E-state index in [0.717, 1.165) is 4.80 Å². The lowest BCUT2D eigenvalue weighted by atomic mass is 10.3. The molecule has 0 bridgehead atoms. The van der Waals surface area contributed by atoms with E-state index in [9.17, 15) is 14.9 Å². The molecule has 0 aliphatic rings. The fraction of sp³-hybridized carbons (Fsp3) is 0.167. The van der Waals surface area contributed by atoms with E-state index in [1.807, 2.05) is 0 Å². The third-order valence-corrected chi connectivity index (χ3v) is 2.80. The highest BCUT2D eigenvalue weighted by molar-refractivity contribution is 6.32. The summed E-state index contributed by atoms with van der Waals surface area (Å²) in [5, 5.41) is 21.0. The number of hydrogen-bond acceptors (Lipinski definition) is 8. The molecule has 24 heavy (non-hydrogen) atoms. The Morgan fingerprint density at radius 2 is 2.21 bits per heavy atom. The average Bonchev–Trinajstić information content (AvgIpc) is 3.01. The summed E-state index contributed by atoms with van der Waals surface area (Å²) in [4.78, 5) is 22.2. The largest absolute Gasteiger partial charge is 0.515 e. The topological polar surface area (TPSA) is 137 Å². The van der Waals surface area contributed by atoms with Crippen LogP contribution in [0.2, 0.25) is 5.02 Å². The van der Waals surface area contributed by atoms with Crippen molar-refractivity contribution in [3.05, 3.63) is 45.1 Å². The molecule has 0 atom stereocenters. The van der Waals surface area contributed by atoms with Crippen molar-refractivity contribution in [2.45, 2.75) is 6.92 Å². The van der Waals surface area contributed by atoms with Gasteiger partial charge < -0.3 is 20.3 Å². The summed E-state index contributed by atoms with van der Waals surface area (Å²) in [6.07, 6.45) is 1.30. The van der Waals surface area contributed by atoms with Gasteiger partial charge in [0.2, 0.25) is 0 Å². The van der Waals surface area contributed by atoms with Crippen LogP contribution in [0.25, 0.3) is 6.20 Å². The van der Waals surface area contributed by atoms with Crippen molar-refractivity contribution in [3.63, 3.8) is 0 Å². The van der Waals surface area contributed by atoms with Gasteiger partial charge in [-0.15, -0.1) is 0 Å². The number of hydrogen-bond donors (Lipinski definition) is 2. The van der Waals surface area contributed by atoms with Gasteiger partial charge in [0, 0.05) is 5.70 Å². The van der Waals surface area contributed by atoms with Crippen LogP contribution < -0.4 is 15.6 Å². The van der Waals surface area contributed by atoms with Gasteiger partial charge in [0.15, 0.2) is 6.61 Å². The first kappa shape index (κ1) is 17.1. The normalized spacial score (nSPS) is 11.0. The molecule has 11 nitrogen and oxygen atoms in total. The van der Waals surface area contributed by atoms with Crippen LogP contribution in [0.15, 0.2) is 30.0 Å². The maximum Gasteiger partial charge on any atom is 0.515 e. The zero-order valence-electron chi connectivity index (χ0n) is 12.3. The highest BCUT2D eigenvalue weighted by atomic mass is 35.5. The van der Waals surface area contributed by atoms with Crippen molar-refractivity contribution >= 4 is 29.7 Å². The van der Waals surface area contributed by atoms with Gasteiger partial charge in [-0.25, -0.2) is 0 Å². The minimum absolute atomic E-state index is 0.253. The van der Waals surface area contributed by atoms with Gasteiger partial charge in [-0.1, -0.05) is 28.5 Å². The number of amides is 1. The molecule has 0 unspecified atom stereocenters. The Hall–Kier alpha value is -3.21. The summed E-state index contributed by atoms with van der Waals surface area (Å²) >= 11 is 5.90. The second-order valence-electron chi connectivity index (χ2n) is 4.37. The third kappa shape index (κ3) is 4.91. The molecule has 0 fully saturated rings. The molecule has 0 radical (unpaired) electrons. The number of benzene rings is 1. The monoisotopic (exact) mass is 353 g/mol. The van der Waals surface area contributed by atoms with Crippen molar-refractivity contribution in [2.24, 2.45) is 0 Å². The molecule has 0 aliphatic heterocycles. The maximum atomic E-state index is 11.7. The number of hydrazine groups is 1. The molecule has 2 aromatic rings. The van der Waals surface area contributed by atoms with Crippen LogP contribution in [0, 0.1) is 10.1 Å². The second kappa shape index (κ2) is 7.87. The molecule has 126 valence electrons. The van der Waals surface area contributed by atoms with E-state index in [1.54, 1.807) is 31.2 Å². The Balaban J connectivity index is 1.81. The SMILES string of the molecule is CC(=Cn1nnc([N+](=O)[O-])n1)NNC(=O)COc1ccccc1Cl. The number of allylic oxidation sites excluding steroid dienone is 1. The molecule has 1 amide bonds. The summed E-state index contributed by atoms with van der Waals surface area (Å²) in [5.41, 5.74) is 5.35. The number of halogens is 1. The van der Waals surface area contributed by atoms with Gasteiger partial charge in [-0.3, -0.25) is 10.2 Å². The molecule has 0 saturated carbocycles. The fourth-order valence-corrected chi connectivity index (χ4v) is 1.65. The van der Waals surface area contributed by atoms with E-state index < -0.39 is 16.8 Å². The predicted molar refractivity (Wildman–Crippen MR) is 82.6 cm³/mol. The Bertz CT molecular complexity index is 776. The molecular formula is C12H12ClN7O4. The zero-order valence-corrected chi connectivity index (χ0v) is 13.1. The Morgan fingerprint density at radius 1 is 1.46 bits per heavy atom. The summed E-state index contributed by atoms with van der Waals surface area (Å²) in [6.45, 7) is 1.33. The van der Waals surface area contributed by atoms with Crippen LogP contribution in [0.4, 0.5) is 5.95 Å². The van der Waals surface area contributed by atoms with Crippen LogP contribution in [0.5, 0.6) is 5.75 Å². The van der Waals surface area contributed by atoms with Gasteiger partial charge in [0.1, 0.15) is 5.75 Å². The first-order chi connectivity index (χ1) is 11.5. The standard InChI is InChI=1S/C12H12ClN7O4/c1-8(6-19-17-12(16-18-19)20(22)23)14-15-11(21)7-24-10-5-3-2-4-9(10)13/h2-6,14H,7H2,1H3,(H,15,21). The van der Waals surface area contributed by atoms with Crippen LogP contribution in [-0.4, -0.2) is 37.6 Å². The van der Waals surface area contributed by atoms with Crippen molar-refractivity contribution in [2.75, 3.05) is 6.61 Å². The Labute approximate surface area is 140 Å². The van der Waals surface area contributed by atoms with E-state index in [1.165, 1.54) is 6.20 Å². The summed E-state index contributed by atoms with van der Waals surface area (Å²) in [6, 6.07) is 6.75. The number of aromatic nitrogens is 4. The van der Waals surface area contributed by atoms with Gasteiger partial charge in [-0.2, -0.15) is 0 Å². The van der Waals surface area contributed by atoms with E-state index in [-0.39, 0.29) is 6.61 Å². The van der Waals surface area contributed by atoms with Gasteiger partial charge >= 0.3 is 5.95 Å². The molecule has 0 aliphatic carbocycles. The molecule has 0 spiro atoms. The number of nitro groups is 1. The number of tetrazole rings is 1. The average molecular weight is 354 g/mol. The summed E-state index contributed by atoms with van der Waals surface area (Å²) in [5.74, 6) is -0.697. The van der Waals surface area contributed by atoms with Crippen molar-refractivity contribution in [3.8, 4) is 5.75 Å². The van der Waals surface area contributed by atoms with E-state index in [0.29, 0.717) is 16.5 Å². The lowest BCUT2D eigenvalue weighted by Gasteiger charge is -2.10. The molecule has 1 heterocycles. The fourth-order valence-electron chi connectivity index (χ4n) is 1.46. The number of nitrogens with one attached hydrogen (secondary N) is 2. The number of carbonyl (C=O) groups is 1. The van der Waals surface area contributed by atoms with Gasteiger partial charge in [0.05, 0.1) is 26.6 Å². The minimum Gasteiger partial charge on any atom is -0.482 e. The number of nitrogens with zero attached hydrogens (tertiary/aromatic N) is 5. The molecule has 1 aromatic heterocycles. The molecule has 12 heteroatoms. The smallest absolute Gasteiger partial charge is 0.482 e. The zero-order chi connectivity index (χ0) is 17.5. The summed E-state index contributed by atoms with van der Waals surface area (Å²) < 4.78 is 5.26. The summed E-state index contributed by atoms with van der Waals surface area (Å²) in [7, 11) is 0. The van der Waals surface area contributed by atoms with Crippen molar-refractivity contribution < 1.29 is 14.5 Å². The lowest BCUT2D eigenvalue weighted by molar-refractivity contribution is -0.394. The third-order valence-electron chi connectivity index (χ3n) is 2.48. The van der Waals surface area contributed by atoms with Gasteiger partial charge in [0.25, 0.3) is 5.91 Å². The Morgan fingerprint density at radius 3 is 2.88 bits per heavy atom. The van der Waals surface area contributed by atoms with Crippen LogP contribution in [0.1, 0.15) is 6.92 Å². The van der Waals surface area contributed by atoms with E-state index in [4.69, 9.17) is 16.3 Å². The second-order valence-corrected chi connectivity index (χ2v) is 4.78. The number of para-hydroxylation sites is 1. The molecule has 0 saturated heterocycles. The molecule has 2 N–H and O–H groups in total. The first-order valence-electron chi connectivity index (χ1n) is 6.50. The van der Waals surface area contributed by atoms with Crippen molar-refractivity contribution in [1.82, 2.24) is 31.1 Å². The molecule has 1 aromatic carbocycles. The lowest BCUT2D eigenvalue weighted by Crippen LogP contribution is -2.39. The van der Waals surface area contributed by atoms with E-state index in [2.05, 4.69) is 26.3 Å². The van der Waals surface area contributed by atoms with Gasteiger partial charge in [-0.05, 0) is 24.0 Å². The van der Waals surface area contributed by atoms with Crippen LogP contribution in [0.3, 0.4) is 0 Å². The number of rotatable bonds is 7. The molecular weight excluding hydrogens is 342 g/mol. The molecule has 2 rings (SSSR count). The highest BCUT2D eigenvalue weighted by Crippen LogP contribution is 2.22. The highest BCUT2D eigenvalue weighted by Gasteiger charge is 2.14. The van der Waals surface area contributed by atoms with Crippen LogP contribution >= 0.6 is 11.6 Å². The van der Waals surface area contributed by atoms with E-state index >= 15 is 0 Å². The quantitative estimate of drug-likeness (QED) is 0.549. The predicted octanol–water partition coefficient (Wildman–Crippen LogP) is 0.753. The number of ether oxygens (including phenoxy) is 1. The van der Waals surface area contributed by atoms with Crippen molar-refractivity contribution in [1.29, 1.82) is 0 Å². The Kier molecular flexibility index (Phi) is 5.63. The minimum atomic E-state index is -0.770. The number of carbonyl (C=O) groups excluding carboxylic acids is 1. The first-order valence-corrected chi connectivity index (χ1v) is 6.88. The maximum absolute atomic E-state index is 11.7.